The summed E-state index contributed by atoms with van der Waals surface area (Å²) in [4.78, 5) is 12.0. The minimum Gasteiger partial charge on any atom is -0.490 e. The van der Waals surface area contributed by atoms with Gasteiger partial charge in [0.2, 0.25) is 15.9 Å². The van der Waals surface area contributed by atoms with E-state index in [1.165, 1.54) is 6.07 Å². The van der Waals surface area contributed by atoms with Crippen LogP contribution in [0.25, 0.3) is 0 Å². The van der Waals surface area contributed by atoms with Crippen LogP contribution in [-0.2, 0) is 14.8 Å². The van der Waals surface area contributed by atoms with Gasteiger partial charge in [-0.05, 0) is 32.0 Å². The van der Waals surface area contributed by atoms with Gasteiger partial charge < -0.3 is 10.1 Å². The highest BCUT2D eigenvalue weighted by atomic mass is 79.9. The molecule has 0 fully saturated rings. The average Bonchev–Trinajstić information content (AvgIpc) is 2.47. The maximum absolute atomic E-state index is 12.0. The summed E-state index contributed by atoms with van der Waals surface area (Å²) >= 11 is 2.90. The van der Waals surface area contributed by atoms with Crippen LogP contribution in [0.3, 0.4) is 0 Å². The number of hydrogen-bond donors (Lipinski definition) is 2. The Morgan fingerprint density at radius 3 is 2.80 bits per heavy atom. The number of carbonyl (C=O) groups is 1. The molecule has 110 valence electrons. The van der Waals surface area contributed by atoms with Crippen LogP contribution in [0.1, 0.15) is 13.8 Å². The number of ether oxygens (including phenoxy) is 1. The van der Waals surface area contributed by atoms with Crippen LogP contribution in [0, 0.1) is 5.41 Å². The number of fused-ring (bicyclic) bond motifs is 1. The molecule has 0 unspecified atom stereocenters. The summed E-state index contributed by atoms with van der Waals surface area (Å²) in [7, 11) is -3.43. The first kappa shape index (κ1) is 15.1. The second-order valence-electron chi connectivity index (χ2n) is 5.16. The van der Waals surface area contributed by atoms with Gasteiger partial charge in [0.25, 0.3) is 0 Å². The van der Waals surface area contributed by atoms with Crippen LogP contribution >= 0.6 is 15.9 Å². The number of nitrogens with one attached hydrogen (secondary N) is 2. The van der Waals surface area contributed by atoms with E-state index < -0.39 is 15.4 Å². The fourth-order valence-corrected chi connectivity index (χ4v) is 2.52. The van der Waals surface area contributed by atoms with Gasteiger partial charge in [-0.1, -0.05) is 15.9 Å². The molecule has 20 heavy (non-hydrogen) atoms. The lowest BCUT2D eigenvalue weighted by Crippen LogP contribution is -2.33. The second-order valence-corrected chi connectivity index (χ2v) is 8.19. The molecule has 2 N–H and O–H groups in total. The number of amides is 1. The zero-order chi connectivity index (χ0) is 15.0. The molecule has 0 saturated heterocycles. The SMILES string of the molecule is CC1(C)COc2ccc(NS(=O)(=O)CBr)cc2NC1=O. The maximum atomic E-state index is 12.0. The van der Waals surface area contributed by atoms with Crippen LogP contribution in [-0.4, -0.2) is 25.6 Å². The highest BCUT2D eigenvalue weighted by Gasteiger charge is 2.32. The Morgan fingerprint density at radius 2 is 2.15 bits per heavy atom. The average molecular weight is 363 g/mol. The smallest absolute Gasteiger partial charge is 0.242 e. The fraction of sp³-hybridized carbons (Fsp3) is 0.417. The van der Waals surface area contributed by atoms with Crippen LogP contribution in [0.15, 0.2) is 18.2 Å². The van der Waals surface area contributed by atoms with Gasteiger partial charge in [0.1, 0.15) is 17.0 Å². The van der Waals surface area contributed by atoms with Gasteiger partial charge in [0, 0.05) is 0 Å². The lowest BCUT2D eigenvalue weighted by Gasteiger charge is -2.18. The van der Waals surface area contributed by atoms with E-state index in [4.69, 9.17) is 4.74 Å². The third-order valence-corrected chi connectivity index (χ3v) is 5.49. The van der Waals surface area contributed by atoms with Crippen LogP contribution < -0.4 is 14.8 Å². The number of anilines is 2. The van der Waals surface area contributed by atoms with Gasteiger partial charge >= 0.3 is 0 Å². The summed E-state index contributed by atoms with van der Waals surface area (Å²) in [6, 6.07) is 4.75. The molecule has 8 heteroatoms. The van der Waals surface area contributed by atoms with E-state index in [1.54, 1.807) is 26.0 Å². The minimum atomic E-state index is -3.43. The Labute approximate surface area is 126 Å². The van der Waals surface area contributed by atoms with E-state index in [0.717, 1.165) is 0 Å². The van der Waals surface area contributed by atoms with Gasteiger partial charge in [-0.2, -0.15) is 0 Å². The molecule has 1 aromatic rings. The zero-order valence-corrected chi connectivity index (χ0v) is 13.5. The molecule has 0 saturated carbocycles. The van der Waals surface area contributed by atoms with Crippen molar-refractivity contribution in [3.05, 3.63) is 18.2 Å². The quantitative estimate of drug-likeness (QED) is 0.806. The summed E-state index contributed by atoms with van der Waals surface area (Å²) in [6.07, 6.45) is 0. The molecule has 0 radical (unpaired) electrons. The molecule has 1 amide bonds. The van der Waals surface area contributed by atoms with E-state index in [2.05, 4.69) is 26.0 Å². The molecule has 1 aliphatic rings. The van der Waals surface area contributed by atoms with Crippen molar-refractivity contribution >= 4 is 43.2 Å². The predicted molar refractivity (Wildman–Crippen MR) is 80.7 cm³/mol. The fourth-order valence-electron chi connectivity index (χ4n) is 1.64. The number of hydrogen-bond acceptors (Lipinski definition) is 4. The Kier molecular flexibility index (Phi) is 3.97. The van der Waals surface area contributed by atoms with Gasteiger partial charge in [0.15, 0.2) is 0 Å². The lowest BCUT2D eigenvalue weighted by molar-refractivity contribution is -0.124. The molecular formula is C12H15BrN2O4S. The molecule has 0 atom stereocenters. The normalized spacial score (nSPS) is 17.4. The molecule has 1 aliphatic heterocycles. The number of alkyl halides is 1. The Balaban J connectivity index is 2.31. The summed E-state index contributed by atoms with van der Waals surface area (Å²) in [6.45, 7) is 3.82. The van der Waals surface area contributed by atoms with E-state index in [0.29, 0.717) is 17.1 Å². The van der Waals surface area contributed by atoms with E-state index in [9.17, 15) is 13.2 Å². The van der Waals surface area contributed by atoms with Crippen molar-refractivity contribution in [1.29, 1.82) is 0 Å². The van der Waals surface area contributed by atoms with E-state index in [-0.39, 0.29) is 17.2 Å². The number of rotatable bonds is 3. The van der Waals surface area contributed by atoms with Crippen molar-refractivity contribution in [2.45, 2.75) is 13.8 Å². The molecule has 1 aromatic carbocycles. The number of sulfonamides is 1. The molecule has 6 nitrogen and oxygen atoms in total. The summed E-state index contributed by atoms with van der Waals surface area (Å²) in [5.74, 6) is 0.350. The third kappa shape index (κ3) is 3.24. The van der Waals surface area contributed by atoms with Crippen LogP contribution in [0.5, 0.6) is 5.75 Å². The van der Waals surface area contributed by atoms with Gasteiger partial charge in [-0.25, -0.2) is 8.42 Å². The van der Waals surface area contributed by atoms with Gasteiger partial charge in [-0.3, -0.25) is 9.52 Å². The molecule has 0 aromatic heterocycles. The first-order chi connectivity index (χ1) is 9.23. The van der Waals surface area contributed by atoms with Crippen LogP contribution in [0.2, 0.25) is 0 Å². The van der Waals surface area contributed by atoms with Crippen molar-refractivity contribution < 1.29 is 17.9 Å². The first-order valence-corrected chi connectivity index (χ1v) is 8.66. The molecule has 2 rings (SSSR count). The zero-order valence-electron chi connectivity index (χ0n) is 11.1. The summed E-state index contributed by atoms with van der Waals surface area (Å²) < 4.78 is 30.8. The molecule has 0 bridgehead atoms. The molecule has 0 spiro atoms. The van der Waals surface area contributed by atoms with Crippen molar-refractivity contribution in [1.82, 2.24) is 0 Å². The minimum absolute atomic E-state index is 0.170. The maximum Gasteiger partial charge on any atom is 0.242 e. The van der Waals surface area contributed by atoms with Crippen molar-refractivity contribution in [2.24, 2.45) is 5.41 Å². The monoisotopic (exact) mass is 362 g/mol. The Bertz CT molecular complexity index is 643. The van der Waals surface area contributed by atoms with Gasteiger partial charge in [0.05, 0.1) is 16.8 Å². The topological polar surface area (TPSA) is 84.5 Å². The first-order valence-electron chi connectivity index (χ1n) is 5.88. The lowest BCUT2D eigenvalue weighted by atomic mass is 9.94. The Hall–Kier alpha value is -1.28. The largest absolute Gasteiger partial charge is 0.490 e. The third-order valence-electron chi connectivity index (χ3n) is 2.85. The predicted octanol–water partition coefficient (Wildman–Crippen LogP) is 2.14. The van der Waals surface area contributed by atoms with Gasteiger partial charge in [-0.15, -0.1) is 0 Å². The second kappa shape index (κ2) is 5.25. The number of halogens is 1. The number of benzene rings is 1. The van der Waals surface area contributed by atoms with Crippen LogP contribution in [0.4, 0.5) is 11.4 Å². The van der Waals surface area contributed by atoms with E-state index >= 15 is 0 Å². The Morgan fingerprint density at radius 1 is 1.45 bits per heavy atom. The standard InChI is InChI=1S/C12H15BrN2O4S/c1-12(2)6-19-10-4-3-8(15-20(17,18)7-13)5-9(10)14-11(12)16/h3-5,15H,6-7H2,1-2H3,(H,14,16). The molecule has 0 aliphatic carbocycles. The van der Waals surface area contributed by atoms with Crippen molar-refractivity contribution in [3.8, 4) is 5.75 Å². The van der Waals surface area contributed by atoms with Crippen molar-refractivity contribution in [2.75, 3.05) is 21.3 Å². The molecular weight excluding hydrogens is 348 g/mol. The number of carbonyl (C=O) groups excluding carboxylic acids is 1. The van der Waals surface area contributed by atoms with Crippen molar-refractivity contribution in [3.63, 3.8) is 0 Å². The summed E-state index contributed by atoms with van der Waals surface area (Å²) in [5, 5.41) is 2.75. The van der Waals surface area contributed by atoms with E-state index in [1.807, 2.05) is 0 Å². The molecule has 1 heterocycles. The highest BCUT2D eigenvalue weighted by Crippen LogP contribution is 2.34. The summed E-state index contributed by atoms with van der Waals surface area (Å²) in [5.41, 5.74) is 0.177. The highest BCUT2D eigenvalue weighted by molar-refractivity contribution is 9.10.